The molecule has 25 heavy (non-hydrogen) atoms. The molecule has 2 aliphatic heterocycles. The molecule has 1 atom stereocenters. The fourth-order valence-electron chi connectivity index (χ4n) is 1.87. The second-order valence-corrected chi connectivity index (χ2v) is 5.19. The molecule has 2 aliphatic rings. The first-order chi connectivity index (χ1) is 16.8. The zero-order valence-electron chi connectivity index (χ0n) is 25.4. The highest BCUT2D eigenvalue weighted by molar-refractivity contribution is 7.99. The zero-order chi connectivity index (χ0) is 29.7. The van der Waals surface area contributed by atoms with Gasteiger partial charge < -0.3 is 15.0 Å². The van der Waals surface area contributed by atoms with E-state index in [1.807, 2.05) is 0 Å². The molecular formula is C16H19F2N3O3S. The second-order valence-electron chi connectivity index (χ2n) is 4.57. The summed E-state index contributed by atoms with van der Waals surface area (Å²) >= 11 is -0.376. The van der Waals surface area contributed by atoms with E-state index in [1.54, 1.807) is 5.32 Å². The van der Waals surface area contributed by atoms with Gasteiger partial charge in [-0.1, -0.05) is 0 Å². The molecule has 9 heteroatoms. The van der Waals surface area contributed by atoms with Crippen LogP contribution in [0.15, 0.2) is 12.1 Å². The summed E-state index contributed by atoms with van der Waals surface area (Å²) in [4.78, 5) is 23.3. The average molecular weight is 384 g/mol. The quantitative estimate of drug-likeness (QED) is 0.860. The molecule has 1 aromatic carbocycles. The van der Waals surface area contributed by atoms with Crippen molar-refractivity contribution in [2.75, 3.05) is 47.2 Å². The summed E-state index contributed by atoms with van der Waals surface area (Å²) in [5.74, 6) is -4.85. The van der Waals surface area contributed by atoms with Crippen LogP contribution in [-0.2, 0) is 9.53 Å². The molecule has 0 radical (unpaired) electrons. The molecule has 2 fully saturated rings. The summed E-state index contributed by atoms with van der Waals surface area (Å²) in [6.07, 6.45) is -5.32. The van der Waals surface area contributed by atoms with Crippen LogP contribution in [0.4, 0.5) is 25.0 Å². The highest BCUT2D eigenvalue weighted by atomic mass is 32.2. The van der Waals surface area contributed by atoms with E-state index < -0.39 is 83.4 Å². The third-order valence-electron chi connectivity index (χ3n) is 2.84. The van der Waals surface area contributed by atoms with Gasteiger partial charge in [0.1, 0.15) is 11.8 Å². The Balaban J connectivity index is 2.18. The van der Waals surface area contributed by atoms with E-state index in [-0.39, 0.29) is 28.8 Å². The number of thioether (sulfide) groups is 1. The Morgan fingerprint density at radius 3 is 2.72 bits per heavy atom. The number of carbonyl (C=O) groups excluding carboxylic acids is 2. The Bertz CT molecular complexity index is 1160. The van der Waals surface area contributed by atoms with Crippen LogP contribution in [0.3, 0.4) is 0 Å². The summed E-state index contributed by atoms with van der Waals surface area (Å²) in [6, 6.07) is 0.381. The van der Waals surface area contributed by atoms with Gasteiger partial charge in [0, 0.05) is 48.9 Å². The predicted molar refractivity (Wildman–Crippen MR) is 92.2 cm³/mol. The fourth-order valence-corrected chi connectivity index (χ4v) is 2.19. The number of carbonyl (C=O) groups is 2. The highest BCUT2D eigenvalue weighted by Crippen LogP contribution is 2.32. The van der Waals surface area contributed by atoms with Gasteiger partial charge in [-0.3, -0.25) is 9.69 Å². The molecule has 0 bridgehead atoms. The molecule has 136 valence electrons. The molecule has 0 aromatic heterocycles. The standard InChI is InChI=1S/C16H19F2N3O3S/c1-10(22)19-8-12-9-21(16(23)24-12)11-6-13(17)15(14(18)7-11)20-2-4-25-5-3-20/h6-7,12H,2-5,8-9H2,1H3,(H,19,22)/t12-/m0/s1/i2D2,3D2,4D2,5D2,8D2,9D2,12D. The normalized spacial score (nSPS) is 41.9. The van der Waals surface area contributed by atoms with Crippen LogP contribution in [0, 0.1) is 11.6 Å². The number of benzene rings is 1. The van der Waals surface area contributed by atoms with Gasteiger partial charge in [-0.25, -0.2) is 13.6 Å². The Kier molecular flexibility index (Phi) is 2.30. The summed E-state index contributed by atoms with van der Waals surface area (Å²) in [5.41, 5.74) is -9.10. The maximum atomic E-state index is 15.4. The molecule has 0 aliphatic carbocycles. The zero-order valence-corrected chi connectivity index (χ0v) is 13.3. The molecule has 2 amide bonds. The smallest absolute Gasteiger partial charge is 0.414 e. The molecule has 1 N–H and O–H groups in total. The topological polar surface area (TPSA) is 61.9 Å². The number of nitrogens with zero attached hydrogens (tertiary/aromatic N) is 2. The molecule has 0 spiro atoms. The van der Waals surface area contributed by atoms with Crippen LogP contribution in [0.25, 0.3) is 0 Å². The van der Waals surface area contributed by atoms with Gasteiger partial charge in [0.2, 0.25) is 5.91 Å². The molecule has 6 nitrogen and oxygen atoms in total. The van der Waals surface area contributed by atoms with Crippen molar-refractivity contribution in [1.29, 1.82) is 0 Å². The third kappa shape index (κ3) is 3.97. The van der Waals surface area contributed by atoms with Gasteiger partial charge in [0.05, 0.1) is 31.0 Å². The number of rotatable bonds is 4. The van der Waals surface area contributed by atoms with Gasteiger partial charge in [-0.05, 0) is 0 Å². The number of ether oxygens (including phenoxy) is 1. The summed E-state index contributed by atoms with van der Waals surface area (Å²) in [6.45, 7) is -13.2. The largest absolute Gasteiger partial charge is 0.442 e. The Labute approximate surface area is 166 Å². The number of halogens is 2. The maximum absolute atomic E-state index is 15.4. The van der Waals surface area contributed by atoms with E-state index in [0.29, 0.717) is 0 Å². The number of amides is 2. The lowest BCUT2D eigenvalue weighted by Gasteiger charge is -2.29. The van der Waals surface area contributed by atoms with Crippen LogP contribution in [0.1, 0.15) is 24.7 Å². The second kappa shape index (κ2) is 7.47. The predicted octanol–water partition coefficient (Wildman–Crippen LogP) is 1.98. The molecular weight excluding hydrogens is 352 g/mol. The monoisotopic (exact) mass is 384 g/mol. The summed E-state index contributed by atoms with van der Waals surface area (Å²) < 4.78 is 139. The molecule has 0 unspecified atom stereocenters. The summed E-state index contributed by atoms with van der Waals surface area (Å²) in [7, 11) is 0. The number of anilines is 2. The van der Waals surface area contributed by atoms with Crippen molar-refractivity contribution in [2.45, 2.75) is 13.0 Å². The minimum atomic E-state index is -3.55. The highest BCUT2D eigenvalue weighted by Gasteiger charge is 2.33. The number of hydrogen-bond acceptors (Lipinski definition) is 5. The van der Waals surface area contributed by atoms with Gasteiger partial charge in [0.15, 0.2) is 11.6 Å². The third-order valence-corrected chi connectivity index (χ3v) is 3.22. The van der Waals surface area contributed by atoms with Gasteiger partial charge >= 0.3 is 6.09 Å². The first-order valence-electron chi connectivity index (χ1n) is 13.1. The maximum Gasteiger partial charge on any atom is 0.414 e. The van der Waals surface area contributed by atoms with Crippen molar-refractivity contribution in [3.63, 3.8) is 0 Å². The first kappa shape index (κ1) is 7.69. The van der Waals surface area contributed by atoms with Crippen LogP contribution in [0.2, 0.25) is 0 Å². The van der Waals surface area contributed by atoms with Gasteiger partial charge in [0.25, 0.3) is 0 Å². The number of hydrogen-bond donors (Lipinski definition) is 1. The Morgan fingerprint density at radius 2 is 2.12 bits per heavy atom. The van der Waals surface area contributed by atoms with Crippen molar-refractivity contribution in [2.24, 2.45) is 0 Å². The minimum Gasteiger partial charge on any atom is -0.442 e. The van der Waals surface area contributed by atoms with Crippen LogP contribution >= 0.6 is 11.8 Å². The van der Waals surface area contributed by atoms with Gasteiger partial charge in [-0.2, -0.15) is 11.8 Å². The van der Waals surface area contributed by atoms with E-state index in [1.165, 1.54) is 0 Å². The van der Waals surface area contributed by atoms with E-state index in [4.69, 9.17) is 17.8 Å². The minimum absolute atomic E-state index is 0.149. The number of cyclic esters (lactones) is 1. The summed E-state index contributed by atoms with van der Waals surface area (Å²) in [5, 5.41) is 1.61. The van der Waals surface area contributed by atoms with Crippen molar-refractivity contribution < 1.29 is 40.9 Å². The van der Waals surface area contributed by atoms with Crippen LogP contribution in [-0.4, -0.2) is 55.5 Å². The van der Waals surface area contributed by atoms with Crippen molar-refractivity contribution in [1.82, 2.24) is 5.32 Å². The van der Waals surface area contributed by atoms with E-state index >= 15 is 8.78 Å². The lowest BCUT2D eigenvalue weighted by molar-refractivity contribution is -0.119. The Morgan fingerprint density at radius 1 is 1.48 bits per heavy atom. The molecule has 1 aromatic rings. The molecule has 2 heterocycles. The van der Waals surface area contributed by atoms with Crippen molar-refractivity contribution in [3.8, 4) is 0 Å². The lowest BCUT2D eigenvalue weighted by atomic mass is 10.2. The van der Waals surface area contributed by atoms with E-state index in [2.05, 4.69) is 4.74 Å². The molecule has 0 saturated carbocycles. The van der Waals surface area contributed by atoms with E-state index in [9.17, 15) is 9.59 Å². The fraction of sp³-hybridized carbons (Fsp3) is 0.500. The lowest BCUT2D eigenvalue weighted by Crippen LogP contribution is -2.34. The van der Waals surface area contributed by atoms with E-state index in [0.717, 1.165) is 6.92 Å². The number of nitrogens with one attached hydrogen (secondary N) is 1. The first-order valence-corrected chi connectivity index (χ1v) is 7.42. The molecule has 2 saturated heterocycles. The van der Waals surface area contributed by atoms with Gasteiger partial charge in [-0.15, -0.1) is 0 Å². The van der Waals surface area contributed by atoms with Crippen LogP contribution in [0.5, 0.6) is 0 Å². The SMILES string of the molecule is [2H]C1([2H])SC([2H])([2H])C([2H])([2H])N(c2c(F)cc(N3C(=O)O[C@@]([2H])(C([2H])([2H])NC(C)=O)C3([2H])[2H])cc2F)C1([2H])[2H]. The van der Waals surface area contributed by atoms with Crippen LogP contribution < -0.4 is 15.1 Å². The van der Waals surface area contributed by atoms with Crippen molar-refractivity contribution >= 4 is 35.1 Å². The Hall–Kier alpha value is -2.03. The average Bonchev–Trinajstić information content (AvgIpc) is 2.86. The van der Waals surface area contributed by atoms with Crippen molar-refractivity contribution in [3.05, 3.63) is 23.8 Å². The molecule has 3 rings (SSSR count).